The smallest absolute Gasteiger partial charge is 0.242 e. The van der Waals surface area contributed by atoms with Gasteiger partial charge in [-0.05, 0) is 25.0 Å². The monoisotopic (exact) mass is 335 g/mol. The van der Waals surface area contributed by atoms with E-state index in [4.69, 9.17) is 17.3 Å². The number of carbonyl (C=O) groups excluding carboxylic acids is 1. The summed E-state index contributed by atoms with van der Waals surface area (Å²) in [7, 11) is -3.95. The van der Waals surface area contributed by atoms with E-state index in [-0.39, 0.29) is 40.5 Å². The van der Waals surface area contributed by atoms with Gasteiger partial charge < -0.3 is 11.1 Å². The van der Waals surface area contributed by atoms with Crippen molar-refractivity contribution >= 4 is 33.2 Å². The van der Waals surface area contributed by atoms with Gasteiger partial charge in [0.05, 0.1) is 10.7 Å². The van der Waals surface area contributed by atoms with Crippen LogP contribution in [0.25, 0.3) is 0 Å². The van der Waals surface area contributed by atoms with Crippen molar-refractivity contribution in [3.63, 3.8) is 0 Å². The molecule has 1 amide bonds. The third kappa shape index (κ3) is 4.29. The second-order valence-electron chi connectivity index (χ2n) is 4.79. The normalized spacial score (nSPS) is 15.0. The molecule has 1 aliphatic rings. The number of anilines is 1. The SMILES string of the molecule is Nc1cc(S(=O)(=O)NCCC(=O)NC2CC2)c(Cl)cc1F. The van der Waals surface area contributed by atoms with Crippen LogP contribution in [0.3, 0.4) is 0 Å². The molecule has 0 unspecified atom stereocenters. The third-order valence-electron chi connectivity index (χ3n) is 2.93. The Kier molecular flexibility index (Phi) is 4.70. The Labute approximate surface area is 126 Å². The van der Waals surface area contributed by atoms with Crippen LogP contribution in [0.1, 0.15) is 19.3 Å². The molecule has 0 atom stereocenters. The molecular formula is C12H15ClFN3O3S. The first-order valence-corrected chi connectivity index (χ1v) is 8.19. The Bertz CT molecular complexity index is 662. The lowest BCUT2D eigenvalue weighted by molar-refractivity contribution is -0.121. The van der Waals surface area contributed by atoms with E-state index in [0.717, 1.165) is 25.0 Å². The van der Waals surface area contributed by atoms with Crippen molar-refractivity contribution in [3.05, 3.63) is 23.0 Å². The molecule has 6 nitrogen and oxygen atoms in total. The highest BCUT2D eigenvalue weighted by molar-refractivity contribution is 7.89. The van der Waals surface area contributed by atoms with Crippen molar-refractivity contribution < 1.29 is 17.6 Å². The minimum Gasteiger partial charge on any atom is -0.396 e. The molecule has 0 bridgehead atoms. The van der Waals surface area contributed by atoms with Gasteiger partial charge in [0.2, 0.25) is 15.9 Å². The number of hydrogen-bond donors (Lipinski definition) is 3. The van der Waals surface area contributed by atoms with Crippen molar-refractivity contribution in [2.45, 2.75) is 30.2 Å². The number of hydrogen-bond acceptors (Lipinski definition) is 4. The highest BCUT2D eigenvalue weighted by atomic mass is 35.5. The summed E-state index contributed by atoms with van der Waals surface area (Å²) in [6.07, 6.45) is 1.94. The molecule has 0 heterocycles. The molecule has 2 rings (SSSR count). The predicted octanol–water partition coefficient (Wildman–Crippen LogP) is 1.01. The van der Waals surface area contributed by atoms with Crippen LogP contribution < -0.4 is 15.8 Å². The maximum absolute atomic E-state index is 13.2. The number of benzene rings is 1. The largest absolute Gasteiger partial charge is 0.396 e. The summed E-state index contributed by atoms with van der Waals surface area (Å²) in [5, 5.41) is 2.47. The van der Waals surface area contributed by atoms with Crippen LogP contribution >= 0.6 is 11.6 Å². The average molecular weight is 336 g/mol. The third-order valence-corrected chi connectivity index (χ3v) is 4.85. The van der Waals surface area contributed by atoms with Crippen molar-refractivity contribution in [2.24, 2.45) is 0 Å². The Morgan fingerprint density at radius 2 is 2.10 bits per heavy atom. The Morgan fingerprint density at radius 1 is 1.43 bits per heavy atom. The highest BCUT2D eigenvalue weighted by Crippen LogP contribution is 2.26. The molecule has 1 fully saturated rings. The minimum atomic E-state index is -3.95. The van der Waals surface area contributed by atoms with Gasteiger partial charge in [-0.1, -0.05) is 11.6 Å². The van der Waals surface area contributed by atoms with E-state index in [9.17, 15) is 17.6 Å². The zero-order valence-corrected chi connectivity index (χ0v) is 12.6. The molecule has 21 heavy (non-hydrogen) atoms. The second kappa shape index (κ2) is 6.17. The summed E-state index contributed by atoms with van der Waals surface area (Å²) in [5.74, 6) is -1.01. The molecule has 0 aromatic heterocycles. The number of halogens is 2. The Balaban J connectivity index is 1.97. The minimum absolute atomic E-state index is 0.0179. The van der Waals surface area contributed by atoms with E-state index in [1.165, 1.54) is 0 Å². The number of nitrogens with one attached hydrogen (secondary N) is 2. The maximum Gasteiger partial charge on any atom is 0.242 e. The molecule has 1 saturated carbocycles. The number of sulfonamides is 1. The standard InChI is InChI=1S/C12H15ClFN3O3S/c13-8-5-9(14)10(15)6-11(8)21(19,20)16-4-3-12(18)17-7-1-2-7/h5-7,16H,1-4,15H2,(H,17,18). The van der Waals surface area contributed by atoms with Crippen LogP contribution in [0.15, 0.2) is 17.0 Å². The number of rotatable bonds is 6. The van der Waals surface area contributed by atoms with Gasteiger partial charge in [-0.25, -0.2) is 17.5 Å². The first kappa shape index (κ1) is 16.0. The molecule has 0 spiro atoms. The molecule has 1 aromatic rings. The summed E-state index contributed by atoms with van der Waals surface area (Å²) < 4.78 is 39.4. The zero-order valence-electron chi connectivity index (χ0n) is 11.0. The zero-order chi connectivity index (χ0) is 15.6. The van der Waals surface area contributed by atoms with Crippen LogP contribution in [0.5, 0.6) is 0 Å². The van der Waals surface area contributed by atoms with E-state index in [2.05, 4.69) is 10.0 Å². The van der Waals surface area contributed by atoms with E-state index in [0.29, 0.717) is 0 Å². The van der Waals surface area contributed by atoms with Crippen molar-refractivity contribution in [2.75, 3.05) is 12.3 Å². The topological polar surface area (TPSA) is 101 Å². The molecule has 116 valence electrons. The van der Waals surface area contributed by atoms with Gasteiger partial charge in [-0.2, -0.15) is 0 Å². The van der Waals surface area contributed by atoms with Gasteiger partial charge in [-0.15, -0.1) is 0 Å². The van der Waals surface area contributed by atoms with Gasteiger partial charge >= 0.3 is 0 Å². The summed E-state index contributed by atoms with van der Waals surface area (Å²) in [6.45, 7) is -0.0749. The number of nitrogen functional groups attached to an aromatic ring is 1. The molecule has 1 aromatic carbocycles. The van der Waals surface area contributed by atoms with Gasteiger partial charge in [0, 0.05) is 19.0 Å². The van der Waals surface area contributed by atoms with Crippen molar-refractivity contribution in [3.8, 4) is 0 Å². The second-order valence-corrected chi connectivity index (χ2v) is 6.94. The Morgan fingerprint density at radius 3 is 2.71 bits per heavy atom. The van der Waals surface area contributed by atoms with Crippen LogP contribution in [0.2, 0.25) is 5.02 Å². The molecule has 1 aliphatic carbocycles. The molecule has 4 N–H and O–H groups in total. The van der Waals surface area contributed by atoms with Gasteiger partial charge in [-0.3, -0.25) is 4.79 Å². The molecule has 0 saturated heterocycles. The fourth-order valence-electron chi connectivity index (χ4n) is 1.65. The Hall–Kier alpha value is -1.38. The summed E-state index contributed by atoms with van der Waals surface area (Å²) in [5.41, 5.74) is 5.02. The van der Waals surface area contributed by atoms with E-state index in [1.54, 1.807) is 0 Å². The average Bonchev–Trinajstić information content (AvgIpc) is 3.17. The lowest BCUT2D eigenvalue weighted by Gasteiger charge is -2.09. The van der Waals surface area contributed by atoms with Crippen LogP contribution in [0, 0.1) is 5.82 Å². The van der Waals surface area contributed by atoms with Crippen molar-refractivity contribution in [1.29, 1.82) is 0 Å². The van der Waals surface area contributed by atoms with E-state index >= 15 is 0 Å². The number of carbonyl (C=O) groups is 1. The van der Waals surface area contributed by atoms with Crippen LogP contribution in [-0.2, 0) is 14.8 Å². The van der Waals surface area contributed by atoms with Gasteiger partial charge in [0.1, 0.15) is 10.7 Å². The molecule has 0 aliphatic heterocycles. The number of amides is 1. The fraction of sp³-hybridized carbons (Fsp3) is 0.417. The summed E-state index contributed by atoms with van der Waals surface area (Å²) >= 11 is 5.71. The van der Waals surface area contributed by atoms with Crippen LogP contribution in [-0.4, -0.2) is 26.9 Å². The highest BCUT2D eigenvalue weighted by Gasteiger charge is 2.24. The molecule has 0 radical (unpaired) electrons. The van der Waals surface area contributed by atoms with E-state index < -0.39 is 15.8 Å². The summed E-state index contributed by atoms with van der Waals surface area (Å²) in [6, 6.07) is 2.01. The fourth-order valence-corrected chi connectivity index (χ4v) is 3.23. The summed E-state index contributed by atoms with van der Waals surface area (Å²) in [4.78, 5) is 11.1. The first-order chi connectivity index (χ1) is 9.79. The lowest BCUT2D eigenvalue weighted by Crippen LogP contribution is -2.31. The van der Waals surface area contributed by atoms with Gasteiger partial charge in [0.15, 0.2) is 0 Å². The number of nitrogens with two attached hydrogens (primary N) is 1. The van der Waals surface area contributed by atoms with Gasteiger partial charge in [0.25, 0.3) is 0 Å². The van der Waals surface area contributed by atoms with Crippen LogP contribution in [0.4, 0.5) is 10.1 Å². The lowest BCUT2D eigenvalue weighted by atomic mass is 10.3. The van der Waals surface area contributed by atoms with Crippen molar-refractivity contribution in [1.82, 2.24) is 10.0 Å². The first-order valence-electron chi connectivity index (χ1n) is 6.33. The molecular weight excluding hydrogens is 321 g/mol. The molecule has 9 heteroatoms. The quantitative estimate of drug-likeness (QED) is 0.675. The maximum atomic E-state index is 13.2. The van der Waals surface area contributed by atoms with E-state index in [1.807, 2.05) is 0 Å². The predicted molar refractivity (Wildman–Crippen MR) is 76.8 cm³/mol.